The number of ether oxygens (including phenoxy) is 2. The second-order valence-corrected chi connectivity index (χ2v) is 7.13. The molecular formula is C24H21F2NO3. The van der Waals surface area contributed by atoms with Gasteiger partial charge >= 0.3 is 0 Å². The Labute approximate surface area is 173 Å². The smallest absolute Gasteiger partial charge is 0.254 e. The van der Waals surface area contributed by atoms with Crippen molar-refractivity contribution in [1.29, 1.82) is 0 Å². The zero-order valence-electron chi connectivity index (χ0n) is 16.7. The summed E-state index contributed by atoms with van der Waals surface area (Å²) >= 11 is 0. The molecule has 1 amide bonds. The largest absolute Gasteiger partial charge is 0.493 e. The maximum absolute atomic E-state index is 13.8. The Balaban J connectivity index is 1.85. The molecule has 4 nitrogen and oxygen atoms in total. The van der Waals surface area contributed by atoms with Gasteiger partial charge in [0.15, 0.2) is 11.5 Å². The summed E-state index contributed by atoms with van der Waals surface area (Å²) in [6.07, 6.45) is 0.586. The Morgan fingerprint density at radius 2 is 1.57 bits per heavy atom. The van der Waals surface area contributed by atoms with Gasteiger partial charge in [-0.15, -0.1) is 0 Å². The highest BCUT2D eigenvalue weighted by molar-refractivity contribution is 5.95. The lowest BCUT2D eigenvalue weighted by atomic mass is 9.87. The highest BCUT2D eigenvalue weighted by atomic mass is 19.1. The number of rotatable bonds is 4. The Bertz CT molecular complexity index is 1070. The van der Waals surface area contributed by atoms with Crippen molar-refractivity contribution in [2.75, 3.05) is 20.8 Å². The highest BCUT2D eigenvalue weighted by Gasteiger charge is 2.34. The fourth-order valence-electron chi connectivity index (χ4n) is 4.00. The predicted octanol–water partition coefficient (Wildman–Crippen LogP) is 4.77. The van der Waals surface area contributed by atoms with Crippen molar-refractivity contribution in [3.63, 3.8) is 0 Å². The Morgan fingerprint density at radius 3 is 2.20 bits per heavy atom. The monoisotopic (exact) mass is 409 g/mol. The van der Waals surface area contributed by atoms with Gasteiger partial charge in [0.25, 0.3) is 5.91 Å². The van der Waals surface area contributed by atoms with Gasteiger partial charge in [-0.3, -0.25) is 4.79 Å². The van der Waals surface area contributed by atoms with E-state index >= 15 is 0 Å². The molecule has 1 heterocycles. The number of amides is 1. The molecule has 0 radical (unpaired) electrons. The van der Waals surface area contributed by atoms with Gasteiger partial charge in [0.1, 0.15) is 11.6 Å². The van der Waals surface area contributed by atoms with Crippen molar-refractivity contribution in [2.45, 2.75) is 12.5 Å². The van der Waals surface area contributed by atoms with Crippen LogP contribution in [-0.2, 0) is 6.42 Å². The fourth-order valence-corrected chi connectivity index (χ4v) is 4.00. The highest BCUT2D eigenvalue weighted by Crippen LogP contribution is 2.41. The van der Waals surface area contributed by atoms with E-state index in [0.717, 1.165) is 34.9 Å². The molecule has 0 fully saturated rings. The van der Waals surface area contributed by atoms with E-state index in [0.29, 0.717) is 24.5 Å². The molecule has 0 saturated heterocycles. The van der Waals surface area contributed by atoms with Gasteiger partial charge in [-0.1, -0.05) is 30.3 Å². The SMILES string of the molecule is COc1cc2c(cc1OC)[C@@H](c1ccccc1)N(C(=O)c1cc(F)cc(F)c1)CC2. The molecule has 3 aromatic rings. The van der Waals surface area contributed by atoms with Crippen LogP contribution in [0.4, 0.5) is 8.78 Å². The van der Waals surface area contributed by atoms with E-state index in [4.69, 9.17) is 9.47 Å². The number of benzene rings is 3. The Kier molecular flexibility index (Phi) is 5.40. The molecule has 0 aromatic heterocycles. The summed E-state index contributed by atoms with van der Waals surface area (Å²) in [4.78, 5) is 15.0. The molecule has 6 heteroatoms. The molecule has 0 aliphatic carbocycles. The number of fused-ring (bicyclic) bond motifs is 1. The molecule has 1 atom stereocenters. The first-order chi connectivity index (χ1) is 14.5. The van der Waals surface area contributed by atoms with Crippen molar-refractivity contribution in [1.82, 2.24) is 4.90 Å². The van der Waals surface area contributed by atoms with Crippen LogP contribution in [0, 0.1) is 11.6 Å². The van der Waals surface area contributed by atoms with Gasteiger partial charge < -0.3 is 14.4 Å². The summed E-state index contributed by atoms with van der Waals surface area (Å²) in [5.41, 5.74) is 2.82. The van der Waals surface area contributed by atoms with Crippen LogP contribution in [0.3, 0.4) is 0 Å². The third kappa shape index (κ3) is 3.61. The molecule has 0 bridgehead atoms. The van der Waals surface area contributed by atoms with E-state index in [-0.39, 0.29) is 5.56 Å². The fraction of sp³-hybridized carbons (Fsp3) is 0.208. The summed E-state index contributed by atoms with van der Waals surface area (Å²) in [6, 6.07) is 15.8. The minimum atomic E-state index is -0.779. The molecule has 0 spiro atoms. The van der Waals surface area contributed by atoms with Crippen molar-refractivity contribution in [3.8, 4) is 11.5 Å². The lowest BCUT2D eigenvalue weighted by Crippen LogP contribution is -2.40. The minimum Gasteiger partial charge on any atom is -0.493 e. The predicted molar refractivity (Wildman–Crippen MR) is 109 cm³/mol. The van der Waals surface area contributed by atoms with Crippen LogP contribution < -0.4 is 9.47 Å². The minimum absolute atomic E-state index is 0.0163. The first-order valence-corrected chi connectivity index (χ1v) is 9.58. The van der Waals surface area contributed by atoms with Crippen LogP contribution in [0.1, 0.15) is 33.1 Å². The molecule has 1 aliphatic rings. The van der Waals surface area contributed by atoms with E-state index in [1.807, 2.05) is 42.5 Å². The lowest BCUT2D eigenvalue weighted by molar-refractivity contribution is 0.0693. The van der Waals surface area contributed by atoms with E-state index in [2.05, 4.69) is 0 Å². The molecule has 4 rings (SSSR count). The molecule has 0 saturated carbocycles. The van der Waals surface area contributed by atoms with Crippen LogP contribution in [0.5, 0.6) is 11.5 Å². The van der Waals surface area contributed by atoms with Crippen LogP contribution in [0.25, 0.3) is 0 Å². The Morgan fingerprint density at radius 1 is 0.933 bits per heavy atom. The van der Waals surface area contributed by atoms with Gasteiger partial charge in [-0.05, 0) is 47.4 Å². The zero-order valence-corrected chi connectivity index (χ0v) is 16.7. The third-order valence-corrected chi connectivity index (χ3v) is 5.36. The summed E-state index contributed by atoms with van der Waals surface area (Å²) in [6.45, 7) is 0.402. The number of hydrogen-bond donors (Lipinski definition) is 0. The first kappa shape index (κ1) is 19.9. The van der Waals surface area contributed by atoms with Gasteiger partial charge in [0.2, 0.25) is 0 Å². The molecule has 0 N–H and O–H groups in total. The van der Waals surface area contributed by atoms with E-state index in [1.165, 1.54) is 0 Å². The van der Waals surface area contributed by atoms with Crippen molar-refractivity contribution >= 4 is 5.91 Å². The van der Waals surface area contributed by atoms with Crippen molar-refractivity contribution in [2.24, 2.45) is 0 Å². The zero-order chi connectivity index (χ0) is 21.3. The quantitative estimate of drug-likeness (QED) is 0.623. The lowest BCUT2D eigenvalue weighted by Gasteiger charge is -2.38. The number of nitrogens with zero attached hydrogens (tertiary/aromatic N) is 1. The molecule has 154 valence electrons. The van der Waals surface area contributed by atoms with E-state index in [1.54, 1.807) is 19.1 Å². The number of methoxy groups -OCH3 is 2. The molecular weight excluding hydrogens is 388 g/mol. The maximum Gasteiger partial charge on any atom is 0.254 e. The van der Waals surface area contributed by atoms with Crippen molar-refractivity contribution < 1.29 is 23.0 Å². The summed E-state index contributed by atoms with van der Waals surface area (Å²) in [5, 5.41) is 0. The summed E-state index contributed by atoms with van der Waals surface area (Å²) in [5.74, 6) is -0.808. The second-order valence-electron chi connectivity index (χ2n) is 7.13. The third-order valence-electron chi connectivity index (χ3n) is 5.36. The van der Waals surface area contributed by atoms with Crippen molar-refractivity contribution in [3.05, 3.63) is 94.6 Å². The number of carbonyl (C=O) groups is 1. The molecule has 30 heavy (non-hydrogen) atoms. The van der Waals surface area contributed by atoms with Gasteiger partial charge in [0.05, 0.1) is 20.3 Å². The first-order valence-electron chi connectivity index (χ1n) is 9.58. The number of halogens is 2. The van der Waals surface area contributed by atoms with Crippen LogP contribution >= 0.6 is 0 Å². The molecule has 0 unspecified atom stereocenters. The Hall–Kier alpha value is -3.41. The normalized spacial score (nSPS) is 15.5. The average Bonchev–Trinajstić information content (AvgIpc) is 2.76. The van der Waals surface area contributed by atoms with Crippen LogP contribution in [-0.4, -0.2) is 31.6 Å². The summed E-state index contributed by atoms with van der Waals surface area (Å²) in [7, 11) is 3.14. The molecule has 1 aliphatic heterocycles. The van der Waals surface area contributed by atoms with Crippen LogP contribution in [0.15, 0.2) is 60.7 Å². The standard InChI is InChI=1S/C24H21F2NO3/c1-29-21-12-16-8-9-27(24(28)17-10-18(25)13-19(26)11-17)23(15-6-4-3-5-7-15)20(16)14-22(21)30-2/h3-7,10-14,23H,8-9H2,1-2H3/t23-/m1/s1. The number of carbonyl (C=O) groups excluding carboxylic acids is 1. The van der Waals surface area contributed by atoms with Gasteiger partial charge in [0, 0.05) is 18.2 Å². The maximum atomic E-state index is 13.8. The average molecular weight is 409 g/mol. The second kappa shape index (κ2) is 8.14. The van der Waals surface area contributed by atoms with E-state index < -0.39 is 23.6 Å². The summed E-state index contributed by atoms with van der Waals surface area (Å²) < 4.78 is 38.4. The number of hydrogen-bond acceptors (Lipinski definition) is 3. The van der Waals surface area contributed by atoms with Gasteiger partial charge in [-0.25, -0.2) is 8.78 Å². The van der Waals surface area contributed by atoms with E-state index in [9.17, 15) is 13.6 Å². The topological polar surface area (TPSA) is 38.8 Å². The van der Waals surface area contributed by atoms with Gasteiger partial charge in [-0.2, -0.15) is 0 Å². The van der Waals surface area contributed by atoms with Crippen LogP contribution in [0.2, 0.25) is 0 Å². The molecule has 3 aromatic carbocycles.